The Bertz CT molecular complexity index is 367. The Morgan fingerprint density at radius 2 is 1.86 bits per heavy atom. The highest BCUT2D eigenvalue weighted by Gasteiger charge is 2.24. The van der Waals surface area contributed by atoms with Gasteiger partial charge in [-0.15, -0.1) is 11.6 Å². The quantitative estimate of drug-likeness (QED) is 0.658. The lowest BCUT2D eigenvalue weighted by atomic mass is 9.95. The van der Waals surface area contributed by atoms with Gasteiger partial charge in [-0.1, -0.05) is 48.6 Å². The third kappa shape index (κ3) is 1.73. The molecule has 0 aliphatic heterocycles. The van der Waals surface area contributed by atoms with E-state index in [1.807, 2.05) is 30.3 Å². The minimum absolute atomic E-state index is 0.242. The van der Waals surface area contributed by atoms with E-state index in [0.29, 0.717) is 5.57 Å². The molecular formula is C12H9ClF. The predicted molar refractivity (Wildman–Crippen MR) is 57.6 cm³/mol. The van der Waals surface area contributed by atoms with Crippen molar-refractivity contribution in [3.8, 4) is 0 Å². The Hall–Kier alpha value is -1.08. The van der Waals surface area contributed by atoms with E-state index in [0.717, 1.165) is 5.56 Å². The molecule has 14 heavy (non-hydrogen) atoms. The molecule has 1 atom stereocenters. The summed E-state index contributed by atoms with van der Waals surface area (Å²) in [5.41, 5.74) is 1.50. The molecule has 0 saturated heterocycles. The summed E-state index contributed by atoms with van der Waals surface area (Å²) in [5, 5.41) is 0.242. The molecule has 0 saturated carbocycles. The molecule has 0 aromatic heterocycles. The minimum atomic E-state index is -1.19. The number of halogens is 2. The largest absolute Gasteiger partial charge is 0.240 e. The maximum absolute atomic E-state index is 13.6. The monoisotopic (exact) mass is 207 g/mol. The van der Waals surface area contributed by atoms with Crippen molar-refractivity contribution in [3.05, 3.63) is 59.5 Å². The SMILES string of the molecule is FC1[C](Cl)C=CC=C1c1ccccc1. The molecule has 0 N–H and O–H groups in total. The fourth-order valence-electron chi connectivity index (χ4n) is 1.43. The van der Waals surface area contributed by atoms with Crippen LogP contribution < -0.4 is 0 Å². The first-order chi connectivity index (χ1) is 6.79. The topological polar surface area (TPSA) is 0 Å². The molecule has 0 nitrogen and oxygen atoms in total. The van der Waals surface area contributed by atoms with Crippen LogP contribution in [0.1, 0.15) is 5.56 Å². The van der Waals surface area contributed by atoms with Gasteiger partial charge < -0.3 is 0 Å². The van der Waals surface area contributed by atoms with Crippen molar-refractivity contribution in [1.82, 2.24) is 0 Å². The Balaban J connectivity index is 2.35. The summed E-state index contributed by atoms with van der Waals surface area (Å²) >= 11 is 5.73. The zero-order valence-corrected chi connectivity index (χ0v) is 8.21. The van der Waals surface area contributed by atoms with Crippen molar-refractivity contribution in [2.45, 2.75) is 6.17 Å². The molecule has 0 bridgehead atoms. The molecule has 0 spiro atoms. The summed E-state index contributed by atoms with van der Waals surface area (Å²) in [6.07, 6.45) is 3.91. The van der Waals surface area contributed by atoms with E-state index >= 15 is 0 Å². The van der Waals surface area contributed by atoms with E-state index in [4.69, 9.17) is 11.6 Å². The smallest absolute Gasteiger partial charge is 0.150 e. The molecule has 1 aliphatic rings. The maximum Gasteiger partial charge on any atom is 0.150 e. The van der Waals surface area contributed by atoms with Crippen LogP contribution in [0.5, 0.6) is 0 Å². The lowest BCUT2D eigenvalue weighted by Gasteiger charge is -2.17. The van der Waals surface area contributed by atoms with Crippen LogP contribution in [0.2, 0.25) is 0 Å². The highest BCUT2D eigenvalue weighted by atomic mass is 35.5. The summed E-state index contributed by atoms with van der Waals surface area (Å²) in [4.78, 5) is 0. The van der Waals surface area contributed by atoms with Crippen molar-refractivity contribution in [3.63, 3.8) is 0 Å². The van der Waals surface area contributed by atoms with Crippen LogP contribution in [0.4, 0.5) is 4.39 Å². The summed E-state index contributed by atoms with van der Waals surface area (Å²) in [7, 11) is 0. The van der Waals surface area contributed by atoms with Crippen LogP contribution in [0.3, 0.4) is 0 Å². The zero-order chi connectivity index (χ0) is 9.97. The van der Waals surface area contributed by atoms with Gasteiger partial charge in [0.2, 0.25) is 0 Å². The molecule has 1 radical (unpaired) electrons. The van der Waals surface area contributed by atoms with Crippen LogP contribution in [0.25, 0.3) is 5.57 Å². The molecule has 1 aromatic carbocycles. The van der Waals surface area contributed by atoms with Crippen molar-refractivity contribution in [1.29, 1.82) is 0 Å². The fourth-order valence-corrected chi connectivity index (χ4v) is 1.62. The first kappa shape index (κ1) is 9.47. The third-order valence-corrected chi connectivity index (χ3v) is 2.47. The summed E-state index contributed by atoms with van der Waals surface area (Å²) < 4.78 is 13.6. The van der Waals surface area contributed by atoms with Gasteiger partial charge in [-0.05, 0) is 11.1 Å². The standard InChI is InChI=1S/C12H9ClF/c13-11-8-4-7-10(12(11)14)9-5-2-1-3-6-9/h1-8,12H. The first-order valence-electron chi connectivity index (χ1n) is 4.39. The van der Waals surface area contributed by atoms with Crippen LogP contribution >= 0.6 is 11.6 Å². The minimum Gasteiger partial charge on any atom is -0.240 e. The van der Waals surface area contributed by atoms with E-state index in [-0.39, 0.29) is 5.38 Å². The van der Waals surface area contributed by atoms with Gasteiger partial charge in [-0.2, -0.15) is 0 Å². The lowest BCUT2D eigenvalue weighted by molar-refractivity contribution is 0.453. The number of rotatable bonds is 1. The van der Waals surface area contributed by atoms with Crippen LogP contribution in [-0.4, -0.2) is 6.17 Å². The van der Waals surface area contributed by atoms with E-state index in [1.165, 1.54) is 0 Å². The van der Waals surface area contributed by atoms with Crippen molar-refractivity contribution in [2.24, 2.45) is 0 Å². The van der Waals surface area contributed by atoms with E-state index < -0.39 is 6.17 Å². The van der Waals surface area contributed by atoms with Crippen molar-refractivity contribution in [2.75, 3.05) is 0 Å². The van der Waals surface area contributed by atoms with Crippen LogP contribution in [-0.2, 0) is 0 Å². The maximum atomic E-state index is 13.6. The molecule has 1 aliphatic carbocycles. The predicted octanol–water partition coefficient (Wildman–Crippen LogP) is 3.75. The van der Waals surface area contributed by atoms with Gasteiger partial charge in [-0.25, -0.2) is 4.39 Å². The number of hydrogen-bond acceptors (Lipinski definition) is 0. The molecule has 1 aromatic rings. The Morgan fingerprint density at radius 1 is 1.14 bits per heavy atom. The fraction of sp³-hybridized carbons (Fsp3) is 0.0833. The Labute approximate surface area is 87.7 Å². The lowest BCUT2D eigenvalue weighted by Crippen LogP contribution is -2.11. The second-order valence-electron chi connectivity index (χ2n) is 3.09. The number of benzene rings is 1. The van der Waals surface area contributed by atoms with Gasteiger partial charge in [0, 0.05) is 0 Å². The van der Waals surface area contributed by atoms with Crippen molar-refractivity contribution < 1.29 is 4.39 Å². The molecule has 2 heteroatoms. The summed E-state index contributed by atoms with van der Waals surface area (Å²) in [6, 6.07) is 9.43. The van der Waals surface area contributed by atoms with E-state index in [1.54, 1.807) is 18.2 Å². The normalized spacial score (nSPS) is 22.1. The molecule has 0 heterocycles. The molecule has 71 valence electrons. The Kier molecular flexibility index (Phi) is 2.69. The second kappa shape index (κ2) is 3.97. The third-order valence-electron chi connectivity index (χ3n) is 2.15. The Morgan fingerprint density at radius 3 is 2.57 bits per heavy atom. The summed E-state index contributed by atoms with van der Waals surface area (Å²) in [5.74, 6) is 0. The van der Waals surface area contributed by atoms with Gasteiger partial charge in [0.1, 0.15) is 5.38 Å². The van der Waals surface area contributed by atoms with Gasteiger partial charge in [0.05, 0.1) is 0 Å². The second-order valence-corrected chi connectivity index (χ2v) is 3.53. The van der Waals surface area contributed by atoms with Crippen molar-refractivity contribution >= 4 is 17.2 Å². The highest BCUT2D eigenvalue weighted by Crippen LogP contribution is 2.33. The molecule has 1 unspecified atom stereocenters. The average molecular weight is 208 g/mol. The van der Waals surface area contributed by atoms with E-state index in [2.05, 4.69) is 0 Å². The first-order valence-corrected chi connectivity index (χ1v) is 4.77. The van der Waals surface area contributed by atoms with Gasteiger partial charge >= 0.3 is 0 Å². The molecule has 2 rings (SSSR count). The van der Waals surface area contributed by atoms with Gasteiger partial charge in [0.25, 0.3) is 0 Å². The molecular weight excluding hydrogens is 199 g/mol. The highest BCUT2D eigenvalue weighted by molar-refractivity contribution is 6.30. The van der Waals surface area contributed by atoms with E-state index in [9.17, 15) is 4.39 Å². The summed E-state index contributed by atoms with van der Waals surface area (Å²) in [6.45, 7) is 0. The zero-order valence-electron chi connectivity index (χ0n) is 7.45. The molecule has 0 fully saturated rings. The number of hydrogen-bond donors (Lipinski definition) is 0. The molecule has 0 amide bonds. The van der Waals surface area contributed by atoms with Crippen LogP contribution in [0.15, 0.2) is 48.6 Å². The van der Waals surface area contributed by atoms with Gasteiger partial charge in [-0.3, -0.25) is 0 Å². The number of alkyl halides is 1. The average Bonchev–Trinajstić information content (AvgIpc) is 2.23. The number of allylic oxidation sites excluding steroid dienone is 4. The van der Waals surface area contributed by atoms with Gasteiger partial charge in [0.15, 0.2) is 6.17 Å². The van der Waals surface area contributed by atoms with Crippen LogP contribution in [0, 0.1) is 5.38 Å².